The van der Waals surface area contributed by atoms with Crippen LogP contribution in [-0.4, -0.2) is 10.3 Å². The largest absolute Gasteiger partial charge is 0.342 e. The minimum absolute atomic E-state index is 0.311. The monoisotopic (exact) mass is 202 g/mol. The third-order valence-corrected chi connectivity index (χ3v) is 2.05. The third kappa shape index (κ3) is 1.72. The summed E-state index contributed by atoms with van der Waals surface area (Å²) in [6, 6.07) is 9.27. The van der Waals surface area contributed by atoms with E-state index in [2.05, 4.69) is 10.4 Å². The van der Waals surface area contributed by atoms with Crippen LogP contribution in [0, 0.1) is 5.53 Å². The summed E-state index contributed by atoms with van der Waals surface area (Å²) in [4.78, 5) is 0. The van der Waals surface area contributed by atoms with Gasteiger partial charge in [-0.3, -0.25) is 5.21 Å². The van der Waals surface area contributed by atoms with Crippen molar-refractivity contribution >= 4 is 5.70 Å². The summed E-state index contributed by atoms with van der Waals surface area (Å²) in [7, 11) is 0. The maximum atomic E-state index is 9.63. The lowest BCUT2D eigenvalue weighted by atomic mass is 10.1. The van der Waals surface area contributed by atoms with Gasteiger partial charge in [0.1, 0.15) is 5.70 Å². The first-order chi connectivity index (χ1) is 7.33. The fourth-order valence-electron chi connectivity index (χ4n) is 1.39. The molecule has 0 spiro atoms. The Balaban J connectivity index is 2.49. The van der Waals surface area contributed by atoms with Crippen LogP contribution in [0.5, 0.6) is 0 Å². The average Bonchev–Trinajstić information content (AvgIpc) is 2.29. The van der Waals surface area contributed by atoms with E-state index in [1.165, 1.54) is 12.4 Å². The maximum absolute atomic E-state index is 9.63. The number of hydrogen-bond acceptors (Lipinski definition) is 5. The van der Waals surface area contributed by atoms with Crippen LogP contribution in [0.2, 0.25) is 0 Å². The Kier molecular flexibility index (Phi) is 2.47. The summed E-state index contributed by atoms with van der Waals surface area (Å²) in [5, 5.41) is 16.7. The van der Waals surface area contributed by atoms with Gasteiger partial charge in [-0.1, -0.05) is 30.3 Å². The molecule has 2 rings (SSSR count). The second-order valence-corrected chi connectivity index (χ2v) is 2.98. The topological polar surface area (TPSA) is 71.7 Å². The molecule has 0 fully saturated rings. The molecule has 15 heavy (non-hydrogen) atoms. The molecule has 0 saturated heterocycles. The van der Waals surface area contributed by atoms with E-state index in [1.54, 1.807) is 0 Å². The lowest BCUT2D eigenvalue weighted by Crippen LogP contribution is -2.22. The molecule has 1 heterocycles. The Bertz CT molecular complexity index is 424. The SMILES string of the molecule is N=NC1=C(c2ccccc2)N(O)C=CN1. The smallest absolute Gasteiger partial charge is 0.178 e. The van der Waals surface area contributed by atoms with Crippen molar-refractivity contribution in [3.63, 3.8) is 0 Å². The number of hydroxylamine groups is 2. The fourth-order valence-corrected chi connectivity index (χ4v) is 1.39. The highest BCUT2D eigenvalue weighted by Crippen LogP contribution is 2.23. The van der Waals surface area contributed by atoms with E-state index in [9.17, 15) is 5.21 Å². The summed E-state index contributed by atoms with van der Waals surface area (Å²) < 4.78 is 0. The zero-order valence-corrected chi connectivity index (χ0v) is 7.88. The second kappa shape index (κ2) is 3.93. The van der Waals surface area contributed by atoms with Crippen LogP contribution in [0.3, 0.4) is 0 Å². The first kappa shape index (κ1) is 9.42. The Labute approximate surface area is 86.8 Å². The van der Waals surface area contributed by atoms with Gasteiger partial charge in [0.25, 0.3) is 0 Å². The molecule has 1 aromatic rings. The molecule has 0 atom stereocenters. The van der Waals surface area contributed by atoms with E-state index < -0.39 is 0 Å². The van der Waals surface area contributed by atoms with Crippen molar-refractivity contribution in [1.82, 2.24) is 10.4 Å². The summed E-state index contributed by atoms with van der Waals surface area (Å²) >= 11 is 0. The van der Waals surface area contributed by atoms with Gasteiger partial charge in [-0.25, -0.2) is 10.6 Å². The van der Waals surface area contributed by atoms with Gasteiger partial charge < -0.3 is 5.32 Å². The third-order valence-electron chi connectivity index (χ3n) is 2.05. The molecule has 0 radical (unpaired) electrons. The molecule has 0 aliphatic carbocycles. The van der Waals surface area contributed by atoms with Crippen LogP contribution in [-0.2, 0) is 0 Å². The molecular formula is C10H10N4O. The first-order valence-electron chi connectivity index (χ1n) is 4.41. The van der Waals surface area contributed by atoms with Gasteiger partial charge in [-0.15, -0.1) is 5.11 Å². The van der Waals surface area contributed by atoms with Crippen molar-refractivity contribution < 1.29 is 5.21 Å². The summed E-state index contributed by atoms with van der Waals surface area (Å²) in [5.41, 5.74) is 8.26. The summed E-state index contributed by atoms with van der Waals surface area (Å²) in [6.07, 6.45) is 2.97. The zero-order valence-electron chi connectivity index (χ0n) is 7.88. The van der Waals surface area contributed by atoms with Gasteiger partial charge in [0.2, 0.25) is 0 Å². The highest BCUT2D eigenvalue weighted by Gasteiger charge is 2.16. The molecule has 0 saturated carbocycles. The number of benzene rings is 1. The minimum atomic E-state index is 0.311. The molecular weight excluding hydrogens is 192 g/mol. The second-order valence-electron chi connectivity index (χ2n) is 2.98. The lowest BCUT2D eigenvalue weighted by molar-refractivity contribution is 0.0216. The van der Waals surface area contributed by atoms with Crippen LogP contribution >= 0.6 is 0 Å². The van der Waals surface area contributed by atoms with Crippen molar-refractivity contribution in [3.8, 4) is 0 Å². The van der Waals surface area contributed by atoms with Gasteiger partial charge in [0.05, 0.1) is 0 Å². The van der Waals surface area contributed by atoms with E-state index in [1.807, 2.05) is 30.3 Å². The van der Waals surface area contributed by atoms with Crippen molar-refractivity contribution in [2.45, 2.75) is 0 Å². The zero-order chi connectivity index (χ0) is 10.7. The summed E-state index contributed by atoms with van der Waals surface area (Å²) in [6.45, 7) is 0. The lowest BCUT2D eigenvalue weighted by Gasteiger charge is -2.21. The van der Waals surface area contributed by atoms with E-state index >= 15 is 0 Å². The van der Waals surface area contributed by atoms with Crippen LogP contribution < -0.4 is 5.32 Å². The average molecular weight is 202 g/mol. The molecule has 1 aliphatic heterocycles. The molecule has 1 aromatic carbocycles. The number of nitrogens with zero attached hydrogens (tertiary/aromatic N) is 2. The molecule has 5 nitrogen and oxygen atoms in total. The molecule has 0 bridgehead atoms. The first-order valence-corrected chi connectivity index (χ1v) is 4.41. The van der Waals surface area contributed by atoms with E-state index in [0.29, 0.717) is 11.5 Å². The molecule has 0 unspecified atom stereocenters. The van der Waals surface area contributed by atoms with Crippen LogP contribution in [0.1, 0.15) is 5.56 Å². The number of rotatable bonds is 2. The molecule has 0 aromatic heterocycles. The molecule has 1 aliphatic rings. The van der Waals surface area contributed by atoms with Crippen molar-refractivity contribution in [2.24, 2.45) is 5.11 Å². The maximum Gasteiger partial charge on any atom is 0.178 e. The summed E-state index contributed by atoms with van der Waals surface area (Å²) in [5.74, 6) is 0.311. The number of nitrogens with one attached hydrogen (secondary N) is 2. The predicted molar refractivity (Wildman–Crippen MR) is 54.4 cm³/mol. The van der Waals surface area contributed by atoms with E-state index in [-0.39, 0.29) is 0 Å². The van der Waals surface area contributed by atoms with Crippen LogP contribution in [0.25, 0.3) is 5.70 Å². The number of hydrogen-bond donors (Lipinski definition) is 3. The van der Waals surface area contributed by atoms with Crippen molar-refractivity contribution in [3.05, 3.63) is 54.1 Å². The van der Waals surface area contributed by atoms with E-state index in [4.69, 9.17) is 5.53 Å². The minimum Gasteiger partial charge on any atom is -0.342 e. The van der Waals surface area contributed by atoms with E-state index in [0.717, 1.165) is 10.6 Å². The van der Waals surface area contributed by atoms with Crippen molar-refractivity contribution in [1.29, 1.82) is 5.53 Å². The van der Waals surface area contributed by atoms with Crippen molar-refractivity contribution in [2.75, 3.05) is 0 Å². The molecule has 5 heteroatoms. The molecule has 76 valence electrons. The fraction of sp³-hybridized carbons (Fsp3) is 0. The van der Waals surface area contributed by atoms with Gasteiger partial charge in [-0.05, 0) is 0 Å². The van der Waals surface area contributed by atoms with Crippen LogP contribution in [0.15, 0.2) is 53.7 Å². The van der Waals surface area contributed by atoms with Gasteiger partial charge in [0, 0.05) is 18.0 Å². The molecule has 3 N–H and O–H groups in total. The Morgan fingerprint density at radius 1 is 1.27 bits per heavy atom. The highest BCUT2D eigenvalue weighted by atomic mass is 16.5. The van der Waals surface area contributed by atoms with Gasteiger partial charge in [-0.2, -0.15) is 0 Å². The Morgan fingerprint density at radius 3 is 2.67 bits per heavy atom. The van der Waals surface area contributed by atoms with Crippen LogP contribution in [0.4, 0.5) is 0 Å². The Hall–Kier alpha value is -2.14. The molecule has 0 amide bonds. The normalized spacial score (nSPS) is 15.1. The van der Waals surface area contributed by atoms with Gasteiger partial charge in [0.15, 0.2) is 5.82 Å². The van der Waals surface area contributed by atoms with Gasteiger partial charge >= 0.3 is 0 Å². The quantitative estimate of drug-likeness (QED) is 0.643. The Morgan fingerprint density at radius 2 is 2.00 bits per heavy atom. The standard InChI is InChI=1S/C10H10N4O/c11-13-10-9(14(15)7-6-12-10)8-4-2-1-3-5-8/h1-7,11-12,15H. The predicted octanol–water partition coefficient (Wildman–Crippen LogP) is 2.11. The highest BCUT2D eigenvalue weighted by molar-refractivity contribution is 5.67.